The summed E-state index contributed by atoms with van der Waals surface area (Å²) in [6, 6.07) is 7.88. The van der Waals surface area contributed by atoms with Gasteiger partial charge < -0.3 is 20.1 Å². The summed E-state index contributed by atoms with van der Waals surface area (Å²) < 4.78 is 6.16. The maximum atomic E-state index is 13.0. The quantitative estimate of drug-likeness (QED) is 0.530. The molecule has 2 N–H and O–H groups in total. The van der Waals surface area contributed by atoms with Crippen molar-refractivity contribution in [2.75, 3.05) is 20.2 Å². The van der Waals surface area contributed by atoms with Crippen LogP contribution in [0.3, 0.4) is 0 Å². The minimum atomic E-state index is -1.11. The second-order valence-electron chi connectivity index (χ2n) is 8.94. The zero-order valence-electron chi connectivity index (χ0n) is 20.2. The van der Waals surface area contributed by atoms with Gasteiger partial charge in [0, 0.05) is 37.3 Å². The predicted molar refractivity (Wildman–Crippen MR) is 129 cm³/mol. The standard InChI is InChI=1S/C26H33N3O5/c1-5-6-12-34-23-20-14-21(27-24(31)18-10-8-7-9-11-18)22(30)13-19(20)16-29(15-17(2)3)25(23)28(4)26(32)33/h7-11,14,16-17,21H,5-6,12-13,15H2,1-4H3,(H,27,31)(H,32,33). The first kappa shape index (κ1) is 25.1. The summed E-state index contributed by atoms with van der Waals surface area (Å²) in [4.78, 5) is 40.6. The number of carbonyl (C=O) groups excluding carboxylic acids is 2. The van der Waals surface area contributed by atoms with Gasteiger partial charge in [-0.15, -0.1) is 0 Å². The van der Waals surface area contributed by atoms with Crippen molar-refractivity contribution in [2.24, 2.45) is 5.92 Å². The topological polar surface area (TPSA) is 99.2 Å². The molecule has 0 radical (unpaired) electrons. The maximum Gasteiger partial charge on any atom is 0.412 e. The Morgan fingerprint density at radius 1 is 1.26 bits per heavy atom. The smallest absolute Gasteiger partial charge is 0.412 e. The van der Waals surface area contributed by atoms with E-state index < -0.39 is 12.1 Å². The van der Waals surface area contributed by atoms with Gasteiger partial charge in [0.15, 0.2) is 17.4 Å². The number of carboxylic acid groups (broad SMARTS) is 1. The summed E-state index contributed by atoms with van der Waals surface area (Å²) in [5, 5.41) is 12.6. The molecule has 1 aliphatic carbocycles. The highest BCUT2D eigenvalue weighted by molar-refractivity contribution is 6.00. The normalized spacial score (nSPS) is 17.7. The molecule has 0 saturated carbocycles. The molecule has 0 saturated heterocycles. The first-order valence-electron chi connectivity index (χ1n) is 11.6. The van der Waals surface area contributed by atoms with Crippen LogP contribution in [0.5, 0.6) is 0 Å². The number of rotatable bonds is 9. The Morgan fingerprint density at radius 2 is 1.97 bits per heavy atom. The van der Waals surface area contributed by atoms with Gasteiger partial charge in [0.05, 0.1) is 6.61 Å². The lowest BCUT2D eigenvalue weighted by molar-refractivity contribution is -0.119. The molecule has 8 heteroatoms. The van der Waals surface area contributed by atoms with Gasteiger partial charge in [-0.05, 0) is 36.1 Å². The van der Waals surface area contributed by atoms with Crippen molar-refractivity contribution in [3.05, 3.63) is 70.9 Å². The molecule has 1 unspecified atom stereocenters. The Labute approximate surface area is 200 Å². The van der Waals surface area contributed by atoms with Gasteiger partial charge in [-0.3, -0.25) is 14.5 Å². The number of fused-ring (bicyclic) bond motifs is 1. The summed E-state index contributed by atoms with van der Waals surface area (Å²) in [5.41, 5.74) is 1.87. The minimum absolute atomic E-state index is 0.116. The van der Waals surface area contributed by atoms with E-state index in [4.69, 9.17) is 4.74 Å². The molecule has 182 valence electrons. The fourth-order valence-electron chi connectivity index (χ4n) is 3.96. The van der Waals surface area contributed by atoms with E-state index in [1.54, 1.807) is 30.3 Å². The van der Waals surface area contributed by atoms with Gasteiger partial charge in [-0.1, -0.05) is 45.4 Å². The first-order chi connectivity index (χ1) is 16.2. The SMILES string of the molecule is CCCCOC1=C(N(C)C(=O)O)N(CC(C)C)C=C2CC(=O)C(NC(=O)c3ccccc3)C=C21. The number of amides is 2. The third kappa shape index (κ3) is 5.68. The number of benzene rings is 1. The van der Waals surface area contributed by atoms with E-state index in [9.17, 15) is 19.5 Å². The van der Waals surface area contributed by atoms with Crippen LogP contribution in [0, 0.1) is 5.92 Å². The van der Waals surface area contributed by atoms with E-state index in [2.05, 4.69) is 5.32 Å². The van der Waals surface area contributed by atoms with Crippen molar-refractivity contribution in [3.8, 4) is 0 Å². The van der Waals surface area contributed by atoms with Crippen molar-refractivity contribution in [1.29, 1.82) is 0 Å². The summed E-state index contributed by atoms with van der Waals surface area (Å²) in [6.07, 6.45) is 4.24. The number of hydrogen-bond donors (Lipinski definition) is 2. The van der Waals surface area contributed by atoms with Crippen LogP contribution in [0.25, 0.3) is 0 Å². The molecular formula is C26H33N3O5. The van der Waals surface area contributed by atoms with E-state index >= 15 is 0 Å². The van der Waals surface area contributed by atoms with Crippen molar-refractivity contribution < 1.29 is 24.2 Å². The lowest BCUT2D eigenvalue weighted by Crippen LogP contribution is -2.44. The summed E-state index contributed by atoms with van der Waals surface area (Å²) in [5.74, 6) is 0.596. The third-order valence-electron chi connectivity index (χ3n) is 5.66. The molecule has 1 aliphatic heterocycles. The number of unbranched alkanes of at least 4 members (excludes halogenated alkanes) is 1. The molecule has 1 heterocycles. The van der Waals surface area contributed by atoms with E-state index in [0.29, 0.717) is 35.9 Å². The number of ether oxygens (including phenoxy) is 1. The fourth-order valence-corrected chi connectivity index (χ4v) is 3.96. The Bertz CT molecular complexity index is 1030. The third-order valence-corrected chi connectivity index (χ3v) is 5.66. The highest BCUT2D eigenvalue weighted by Crippen LogP contribution is 2.37. The van der Waals surface area contributed by atoms with Crippen molar-refractivity contribution in [1.82, 2.24) is 15.1 Å². The molecule has 0 spiro atoms. The zero-order chi connectivity index (χ0) is 24.8. The average Bonchev–Trinajstić information content (AvgIpc) is 2.79. The highest BCUT2D eigenvalue weighted by atomic mass is 16.5. The molecule has 2 amide bonds. The van der Waals surface area contributed by atoms with Gasteiger partial charge in [0.1, 0.15) is 6.04 Å². The number of ketones is 1. The van der Waals surface area contributed by atoms with E-state index in [0.717, 1.165) is 23.3 Å². The number of Topliss-reactive ketones (excluding diaryl/α,β-unsaturated/α-hetero) is 1. The van der Waals surface area contributed by atoms with Crippen molar-refractivity contribution in [3.63, 3.8) is 0 Å². The van der Waals surface area contributed by atoms with Crippen LogP contribution < -0.4 is 5.32 Å². The lowest BCUT2D eigenvalue weighted by atomic mass is 9.86. The summed E-state index contributed by atoms with van der Waals surface area (Å²) in [7, 11) is 1.48. The minimum Gasteiger partial charge on any atom is -0.489 e. The summed E-state index contributed by atoms with van der Waals surface area (Å²) >= 11 is 0. The van der Waals surface area contributed by atoms with Crippen molar-refractivity contribution in [2.45, 2.75) is 46.1 Å². The van der Waals surface area contributed by atoms with Crippen LogP contribution in [0.1, 0.15) is 50.4 Å². The van der Waals surface area contributed by atoms with Gasteiger partial charge in [-0.25, -0.2) is 4.79 Å². The molecular weight excluding hydrogens is 434 g/mol. The number of nitrogens with one attached hydrogen (secondary N) is 1. The Kier molecular flexibility index (Phi) is 8.15. The summed E-state index contributed by atoms with van der Waals surface area (Å²) in [6.45, 7) is 7.11. The fraction of sp³-hybridized carbons (Fsp3) is 0.423. The van der Waals surface area contributed by atoms with Crippen LogP contribution in [0.4, 0.5) is 4.79 Å². The number of hydrogen-bond acceptors (Lipinski definition) is 5. The van der Waals surface area contributed by atoms with E-state index in [1.807, 2.05) is 37.9 Å². The number of allylic oxidation sites excluding steroid dienone is 1. The molecule has 3 rings (SSSR count). The van der Waals surface area contributed by atoms with Crippen LogP contribution in [-0.4, -0.2) is 58.9 Å². The van der Waals surface area contributed by atoms with Crippen LogP contribution >= 0.6 is 0 Å². The largest absolute Gasteiger partial charge is 0.489 e. The Hall–Kier alpha value is -3.55. The number of carbonyl (C=O) groups is 3. The molecule has 0 fully saturated rings. The molecule has 0 aromatic heterocycles. The monoisotopic (exact) mass is 467 g/mol. The van der Waals surface area contributed by atoms with Crippen LogP contribution in [-0.2, 0) is 9.53 Å². The first-order valence-corrected chi connectivity index (χ1v) is 11.6. The second kappa shape index (κ2) is 11.0. The maximum absolute atomic E-state index is 13.0. The highest BCUT2D eigenvalue weighted by Gasteiger charge is 2.37. The van der Waals surface area contributed by atoms with Crippen molar-refractivity contribution >= 4 is 17.8 Å². The molecule has 34 heavy (non-hydrogen) atoms. The zero-order valence-corrected chi connectivity index (χ0v) is 20.2. The van der Waals surface area contributed by atoms with Crippen LogP contribution in [0.2, 0.25) is 0 Å². The molecule has 2 aliphatic rings. The predicted octanol–water partition coefficient (Wildman–Crippen LogP) is 4.14. The lowest BCUT2D eigenvalue weighted by Gasteiger charge is -2.38. The molecule has 1 aromatic rings. The molecule has 8 nitrogen and oxygen atoms in total. The van der Waals surface area contributed by atoms with Gasteiger partial charge in [0.25, 0.3) is 5.91 Å². The van der Waals surface area contributed by atoms with Gasteiger partial charge in [0.2, 0.25) is 0 Å². The van der Waals surface area contributed by atoms with Gasteiger partial charge >= 0.3 is 6.09 Å². The second-order valence-corrected chi connectivity index (χ2v) is 8.94. The van der Waals surface area contributed by atoms with Crippen LogP contribution in [0.15, 0.2) is 65.3 Å². The molecule has 1 aromatic carbocycles. The molecule has 0 bridgehead atoms. The molecule has 1 atom stereocenters. The number of nitrogens with zero attached hydrogens (tertiary/aromatic N) is 2. The van der Waals surface area contributed by atoms with Gasteiger partial charge in [-0.2, -0.15) is 0 Å². The Morgan fingerprint density at radius 3 is 2.59 bits per heavy atom. The Balaban J connectivity index is 2.04. The average molecular weight is 468 g/mol. The van der Waals surface area contributed by atoms with E-state index in [-0.39, 0.29) is 24.0 Å². The van der Waals surface area contributed by atoms with E-state index in [1.165, 1.54) is 7.05 Å².